The minimum absolute atomic E-state index is 0.0234. The molecular weight excluding hydrogens is 347 g/mol. The van der Waals surface area contributed by atoms with Crippen molar-refractivity contribution in [1.82, 2.24) is 15.2 Å². The van der Waals surface area contributed by atoms with E-state index in [9.17, 15) is 9.18 Å². The van der Waals surface area contributed by atoms with Crippen LogP contribution in [0.5, 0.6) is 5.75 Å². The van der Waals surface area contributed by atoms with Gasteiger partial charge >= 0.3 is 0 Å². The monoisotopic (exact) mass is 374 g/mol. The Morgan fingerprint density at radius 1 is 1.22 bits per heavy atom. The van der Waals surface area contributed by atoms with Crippen LogP contribution in [0.25, 0.3) is 0 Å². The van der Waals surface area contributed by atoms with E-state index in [0.717, 1.165) is 19.4 Å². The lowest BCUT2D eigenvalue weighted by atomic mass is 10.3. The van der Waals surface area contributed by atoms with E-state index in [0.29, 0.717) is 24.8 Å². The van der Waals surface area contributed by atoms with E-state index in [2.05, 4.69) is 15.6 Å². The molecule has 0 saturated heterocycles. The van der Waals surface area contributed by atoms with Gasteiger partial charge in [0.2, 0.25) is 5.56 Å². The normalized spacial score (nSPS) is 12.5. The van der Waals surface area contributed by atoms with Crippen molar-refractivity contribution in [1.29, 1.82) is 0 Å². The first-order chi connectivity index (χ1) is 13.1. The first-order valence-corrected chi connectivity index (χ1v) is 9.10. The van der Waals surface area contributed by atoms with Crippen LogP contribution in [0.1, 0.15) is 19.8 Å². The Morgan fingerprint density at radius 3 is 2.81 bits per heavy atom. The fourth-order valence-electron chi connectivity index (χ4n) is 2.53. The Morgan fingerprint density at radius 2 is 2.07 bits per heavy atom. The number of benzene rings is 1. The SMILES string of the molecule is CN=C(NCCCCn1ccccc1=O)NCC(C)Oc1cccc(F)c1. The Kier molecular flexibility index (Phi) is 8.35. The Labute approximate surface area is 159 Å². The van der Waals surface area contributed by atoms with Gasteiger partial charge in [0.05, 0.1) is 6.54 Å². The van der Waals surface area contributed by atoms with Crippen LogP contribution in [0.4, 0.5) is 4.39 Å². The van der Waals surface area contributed by atoms with Gasteiger partial charge in [0.15, 0.2) is 5.96 Å². The minimum atomic E-state index is -0.317. The van der Waals surface area contributed by atoms with Gasteiger partial charge in [0.1, 0.15) is 17.7 Å². The number of unbranched alkanes of at least 4 members (excludes halogenated alkanes) is 1. The predicted molar refractivity (Wildman–Crippen MR) is 106 cm³/mol. The van der Waals surface area contributed by atoms with Crippen molar-refractivity contribution >= 4 is 5.96 Å². The van der Waals surface area contributed by atoms with Gasteiger partial charge in [-0.1, -0.05) is 12.1 Å². The van der Waals surface area contributed by atoms with Crippen molar-refractivity contribution in [3.63, 3.8) is 0 Å². The number of hydrogen-bond acceptors (Lipinski definition) is 3. The van der Waals surface area contributed by atoms with Gasteiger partial charge in [0.25, 0.3) is 0 Å². The van der Waals surface area contributed by atoms with Gasteiger partial charge in [-0.3, -0.25) is 9.79 Å². The maximum atomic E-state index is 13.2. The number of nitrogens with one attached hydrogen (secondary N) is 2. The average molecular weight is 374 g/mol. The van der Waals surface area contributed by atoms with Crippen LogP contribution < -0.4 is 20.9 Å². The van der Waals surface area contributed by atoms with Crippen LogP contribution in [0.3, 0.4) is 0 Å². The Balaban J connectivity index is 1.64. The number of aliphatic imine (C=N–C) groups is 1. The largest absolute Gasteiger partial charge is 0.489 e. The summed E-state index contributed by atoms with van der Waals surface area (Å²) in [7, 11) is 1.71. The highest BCUT2D eigenvalue weighted by Gasteiger charge is 2.06. The summed E-state index contributed by atoms with van der Waals surface area (Å²) in [5.41, 5.74) is 0.0234. The van der Waals surface area contributed by atoms with Gasteiger partial charge in [-0.2, -0.15) is 0 Å². The van der Waals surface area contributed by atoms with Crippen molar-refractivity contribution in [3.8, 4) is 5.75 Å². The van der Waals surface area contributed by atoms with Crippen LogP contribution in [0, 0.1) is 5.82 Å². The highest BCUT2D eigenvalue weighted by Crippen LogP contribution is 2.13. The molecule has 2 rings (SSSR count). The van der Waals surface area contributed by atoms with Crippen LogP contribution >= 0.6 is 0 Å². The van der Waals surface area contributed by atoms with E-state index >= 15 is 0 Å². The second-order valence-electron chi connectivity index (χ2n) is 6.21. The predicted octanol–water partition coefficient (Wildman–Crippen LogP) is 2.40. The fraction of sp³-hybridized carbons (Fsp3) is 0.400. The zero-order chi connectivity index (χ0) is 19.5. The molecular formula is C20H27FN4O2. The van der Waals surface area contributed by atoms with Crippen molar-refractivity contribution < 1.29 is 9.13 Å². The van der Waals surface area contributed by atoms with E-state index in [1.54, 1.807) is 42.1 Å². The maximum Gasteiger partial charge on any atom is 0.250 e. The summed E-state index contributed by atoms with van der Waals surface area (Å²) in [6.45, 7) is 3.89. The molecule has 1 aromatic carbocycles. The van der Waals surface area contributed by atoms with Gasteiger partial charge in [-0.25, -0.2) is 4.39 Å². The molecule has 0 aliphatic rings. The smallest absolute Gasteiger partial charge is 0.250 e. The quantitative estimate of drug-likeness (QED) is 0.402. The number of nitrogens with zero attached hydrogens (tertiary/aromatic N) is 2. The summed E-state index contributed by atoms with van der Waals surface area (Å²) in [6.07, 6.45) is 3.47. The summed E-state index contributed by atoms with van der Waals surface area (Å²) in [6, 6.07) is 11.3. The number of rotatable bonds is 9. The van der Waals surface area contributed by atoms with Crippen molar-refractivity contribution in [2.24, 2.45) is 4.99 Å². The topological polar surface area (TPSA) is 67.7 Å². The molecule has 0 saturated carbocycles. The molecule has 1 atom stereocenters. The zero-order valence-corrected chi connectivity index (χ0v) is 15.8. The highest BCUT2D eigenvalue weighted by molar-refractivity contribution is 5.79. The lowest BCUT2D eigenvalue weighted by Crippen LogP contribution is -2.42. The number of hydrogen-bond donors (Lipinski definition) is 2. The molecule has 0 amide bonds. The van der Waals surface area contributed by atoms with E-state index < -0.39 is 0 Å². The number of aromatic nitrogens is 1. The average Bonchev–Trinajstić information content (AvgIpc) is 2.65. The number of aryl methyl sites for hydroxylation is 1. The number of halogens is 1. The van der Waals surface area contributed by atoms with E-state index in [4.69, 9.17) is 4.74 Å². The lowest BCUT2D eigenvalue weighted by Gasteiger charge is -2.17. The number of pyridine rings is 1. The van der Waals surface area contributed by atoms with Gasteiger partial charge in [-0.05, 0) is 38.0 Å². The third-order valence-electron chi connectivity index (χ3n) is 3.93. The maximum absolute atomic E-state index is 13.2. The number of ether oxygens (including phenoxy) is 1. The summed E-state index contributed by atoms with van der Waals surface area (Å²) in [5, 5.41) is 6.42. The van der Waals surface area contributed by atoms with Crippen LogP contribution in [0.2, 0.25) is 0 Å². The van der Waals surface area contributed by atoms with E-state index in [1.807, 2.05) is 13.0 Å². The molecule has 0 fully saturated rings. The first-order valence-electron chi connectivity index (χ1n) is 9.10. The standard InChI is InChI=1S/C20H27FN4O2/c1-16(27-18-9-7-8-17(21)14-18)15-24-20(22-2)23-11-4-6-13-25-12-5-3-10-19(25)26/h3,5,7-10,12,14,16H,4,6,11,13,15H2,1-2H3,(H2,22,23,24). The molecule has 1 aromatic heterocycles. The molecule has 7 heteroatoms. The third kappa shape index (κ3) is 7.52. The Bertz CT molecular complexity index is 791. The molecule has 27 heavy (non-hydrogen) atoms. The van der Waals surface area contributed by atoms with Crippen molar-refractivity contribution in [2.75, 3.05) is 20.1 Å². The molecule has 1 heterocycles. The molecule has 0 aliphatic heterocycles. The van der Waals surface area contributed by atoms with Crippen LogP contribution in [-0.2, 0) is 6.54 Å². The Hall–Kier alpha value is -2.83. The minimum Gasteiger partial charge on any atom is -0.489 e. The highest BCUT2D eigenvalue weighted by atomic mass is 19.1. The second-order valence-corrected chi connectivity index (χ2v) is 6.21. The zero-order valence-electron chi connectivity index (χ0n) is 15.8. The number of guanidine groups is 1. The van der Waals surface area contributed by atoms with Crippen LogP contribution in [-0.4, -0.2) is 36.8 Å². The molecule has 0 bridgehead atoms. The van der Waals surface area contributed by atoms with Gasteiger partial charge < -0.3 is 19.9 Å². The second kappa shape index (κ2) is 11.0. The van der Waals surface area contributed by atoms with Crippen molar-refractivity contribution in [2.45, 2.75) is 32.4 Å². The molecule has 0 spiro atoms. The van der Waals surface area contributed by atoms with E-state index in [1.165, 1.54) is 12.1 Å². The lowest BCUT2D eigenvalue weighted by molar-refractivity contribution is 0.223. The molecule has 2 N–H and O–H groups in total. The molecule has 1 unspecified atom stereocenters. The third-order valence-corrected chi connectivity index (χ3v) is 3.93. The fourth-order valence-corrected chi connectivity index (χ4v) is 2.53. The summed E-state index contributed by atoms with van der Waals surface area (Å²) >= 11 is 0. The summed E-state index contributed by atoms with van der Waals surface area (Å²) < 4.78 is 20.6. The molecule has 2 aromatic rings. The van der Waals surface area contributed by atoms with Crippen molar-refractivity contribution in [3.05, 3.63) is 64.8 Å². The van der Waals surface area contributed by atoms with Gasteiger partial charge in [0, 0.05) is 38.5 Å². The molecule has 146 valence electrons. The summed E-state index contributed by atoms with van der Waals surface area (Å²) in [5.74, 6) is 0.868. The van der Waals surface area contributed by atoms with Crippen LogP contribution in [0.15, 0.2) is 58.4 Å². The first kappa shape index (κ1) is 20.5. The van der Waals surface area contributed by atoms with Gasteiger partial charge in [-0.15, -0.1) is 0 Å². The molecule has 6 nitrogen and oxygen atoms in total. The molecule has 0 radical (unpaired) electrons. The molecule has 0 aliphatic carbocycles. The van der Waals surface area contributed by atoms with E-state index in [-0.39, 0.29) is 17.5 Å². The summed E-state index contributed by atoms with van der Waals surface area (Å²) in [4.78, 5) is 15.8.